The zero-order valence-electron chi connectivity index (χ0n) is 16.5. The maximum Gasteiger partial charge on any atom is 0.259 e. The van der Waals surface area contributed by atoms with Crippen LogP contribution in [0.3, 0.4) is 0 Å². The van der Waals surface area contributed by atoms with Gasteiger partial charge in [-0.3, -0.25) is 4.79 Å². The monoisotopic (exact) mass is 415 g/mol. The van der Waals surface area contributed by atoms with Crippen molar-refractivity contribution in [1.82, 2.24) is 0 Å². The van der Waals surface area contributed by atoms with Crippen LogP contribution in [0.25, 0.3) is 11.0 Å². The second-order valence-electron chi connectivity index (χ2n) is 7.41. The molecule has 29 heavy (non-hydrogen) atoms. The van der Waals surface area contributed by atoms with Crippen molar-refractivity contribution in [1.29, 1.82) is 0 Å². The molecule has 2 heterocycles. The lowest BCUT2D eigenvalue weighted by Gasteiger charge is -2.14. The van der Waals surface area contributed by atoms with Gasteiger partial charge in [0.1, 0.15) is 29.4 Å². The molecule has 2 aromatic carbocycles. The third-order valence-corrected chi connectivity index (χ3v) is 5.78. The van der Waals surface area contributed by atoms with Gasteiger partial charge in [0.2, 0.25) is 0 Å². The Bertz CT molecular complexity index is 1070. The maximum absolute atomic E-state index is 13.1. The first-order valence-corrected chi connectivity index (χ1v) is 10.1. The van der Waals surface area contributed by atoms with E-state index in [1.54, 1.807) is 37.3 Å². The maximum atomic E-state index is 13.1. The molecular formula is C22H24ClN2O4+. The molecule has 0 atom stereocenters. The molecule has 0 bridgehead atoms. The summed E-state index contributed by atoms with van der Waals surface area (Å²) >= 11 is 6.17. The normalized spacial score (nSPS) is 14.4. The molecule has 1 aromatic heterocycles. The second-order valence-corrected chi connectivity index (χ2v) is 7.81. The fourth-order valence-electron chi connectivity index (χ4n) is 4.06. The summed E-state index contributed by atoms with van der Waals surface area (Å²) in [6.07, 6.45) is 2.37. The third-order valence-electron chi connectivity index (χ3n) is 5.49. The molecule has 0 unspecified atom stereocenters. The predicted octanol–water partition coefficient (Wildman–Crippen LogP) is 3.54. The zero-order valence-corrected chi connectivity index (χ0v) is 17.2. The van der Waals surface area contributed by atoms with Gasteiger partial charge in [0.15, 0.2) is 0 Å². The quantitative estimate of drug-likeness (QED) is 0.595. The van der Waals surface area contributed by atoms with Crippen LogP contribution in [-0.4, -0.2) is 31.2 Å². The molecule has 0 saturated carbocycles. The molecule has 3 N–H and O–H groups in total. The number of furan rings is 1. The number of halogens is 1. The minimum Gasteiger partial charge on any atom is -0.507 e. The summed E-state index contributed by atoms with van der Waals surface area (Å²) in [5.74, 6) is 0.945. The summed E-state index contributed by atoms with van der Waals surface area (Å²) in [6, 6.07) is 8.42. The minimum atomic E-state index is -0.300. The summed E-state index contributed by atoms with van der Waals surface area (Å²) in [6.45, 7) is 4.56. The van der Waals surface area contributed by atoms with Crippen LogP contribution in [0.2, 0.25) is 5.02 Å². The highest BCUT2D eigenvalue weighted by atomic mass is 35.5. The van der Waals surface area contributed by atoms with Crippen molar-refractivity contribution in [3.63, 3.8) is 0 Å². The van der Waals surface area contributed by atoms with E-state index in [1.807, 2.05) is 0 Å². The number of aryl methyl sites for hydroxylation is 1. The Labute approximate surface area is 174 Å². The summed E-state index contributed by atoms with van der Waals surface area (Å²) in [4.78, 5) is 14.5. The number of benzene rings is 2. The number of ether oxygens (including phenoxy) is 1. The molecule has 1 aliphatic rings. The number of quaternary nitrogens is 1. The van der Waals surface area contributed by atoms with Crippen LogP contribution < -0.4 is 15.0 Å². The van der Waals surface area contributed by atoms with Gasteiger partial charge in [0.05, 0.1) is 36.3 Å². The van der Waals surface area contributed by atoms with Crippen molar-refractivity contribution in [3.05, 3.63) is 52.2 Å². The van der Waals surface area contributed by atoms with Crippen molar-refractivity contribution in [2.24, 2.45) is 0 Å². The lowest BCUT2D eigenvalue weighted by molar-refractivity contribution is -0.901. The summed E-state index contributed by atoms with van der Waals surface area (Å²) in [5.41, 5.74) is 2.36. The molecule has 0 spiro atoms. The van der Waals surface area contributed by atoms with Gasteiger partial charge in [-0.1, -0.05) is 11.6 Å². The standard InChI is InChI=1S/C22H23ClN2O4/c1-13-20(22(27)24-14-5-7-18(28-2)16(23)11-14)21-15(12-25-9-3-4-10-25)17(26)6-8-19(21)29-13/h5-8,11,26H,3-4,9-10,12H2,1-2H3,(H,24,27)/p+1. The van der Waals surface area contributed by atoms with Crippen molar-refractivity contribution in [3.8, 4) is 11.5 Å². The Morgan fingerprint density at radius 3 is 2.72 bits per heavy atom. The molecule has 0 radical (unpaired) electrons. The number of phenolic OH excluding ortho intramolecular Hbond substituents is 1. The number of likely N-dealkylation sites (tertiary alicyclic amines) is 1. The average molecular weight is 416 g/mol. The van der Waals surface area contributed by atoms with Gasteiger partial charge in [-0.2, -0.15) is 0 Å². The first-order valence-electron chi connectivity index (χ1n) is 9.70. The Hall–Kier alpha value is -2.70. The van der Waals surface area contributed by atoms with Crippen LogP contribution in [0.15, 0.2) is 34.7 Å². The summed E-state index contributed by atoms with van der Waals surface area (Å²) in [5, 5.41) is 14.5. The van der Waals surface area contributed by atoms with Crippen LogP contribution >= 0.6 is 11.6 Å². The highest BCUT2D eigenvalue weighted by molar-refractivity contribution is 6.32. The predicted molar refractivity (Wildman–Crippen MR) is 112 cm³/mol. The number of hydrogen-bond donors (Lipinski definition) is 3. The number of carbonyl (C=O) groups excluding carboxylic acids is 1. The van der Waals surface area contributed by atoms with Crippen LogP contribution in [0.4, 0.5) is 5.69 Å². The molecule has 7 heteroatoms. The van der Waals surface area contributed by atoms with E-state index in [0.29, 0.717) is 45.3 Å². The molecule has 1 amide bonds. The number of aromatic hydroxyl groups is 1. The number of phenols is 1. The lowest BCUT2D eigenvalue weighted by Crippen LogP contribution is -3.08. The number of anilines is 1. The van der Waals surface area contributed by atoms with Crippen LogP contribution in [0.5, 0.6) is 11.5 Å². The van der Waals surface area contributed by atoms with E-state index in [1.165, 1.54) is 24.9 Å². The van der Waals surface area contributed by atoms with Gasteiger partial charge >= 0.3 is 0 Å². The first kappa shape index (κ1) is 19.6. The average Bonchev–Trinajstić information content (AvgIpc) is 3.31. The number of fused-ring (bicyclic) bond motifs is 1. The van der Waals surface area contributed by atoms with Crippen LogP contribution in [-0.2, 0) is 6.54 Å². The molecular weight excluding hydrogens is 392 g/mol. The summed E-state index contributed by atoms with van der Waals surface area (Å²) in [7, 11) is 1.54. The molecule has 1 saturated heterocycles. The van der Waals surface area contributed by atoms with Gasteiger partial charge in [0, 0.05) is 23.9 Å². The Balaban J connectivity index is 1.72. The van der Waals surface area contributed by atoms with E-state index in [-0.39, 0.29) is 11.7 Å². The minimum absolute atomic E-state index is 0.194. The van der Waals surface area contributed by atoms with E-state index < -0.39 is 0 Å². The van der Waals surface area contributed by atoms with E-state index in [0.717, 1.165) is 18.7 Å². The smallest absolute Gasteiger partial charge is 0.259 e. The Kier molecular flexibility index (Phi) is 5.39. The Morgan fingerprint density at radius 2 is 2.03 bits per heavy atom. The van der Waals surface area contributed by atoms with E-state index in [9.17, 15) is 9.90 Å². The highest BCUT2D eigenvalue weighted by Gasteiger charge is 2.26. The second kappa shape index (κ2) is 7.97. The fourth-order valence-corrected chi connectivity index (χ4v) is 4.32. The van der Waals surface area contributed by atoms with Gasteiger partial charge in [-0.15, -0.1) is 0 Å². The molecule has 152 valence electrons. The van der Waals surface area contributed by atoms with Gasteiger partial charge < -0.3 is 24.5 Å². The fraction of sp³-hybridized carbons (Fsp3) is 0.318. The molecule has 1 fully saturated rings. The van der Waals surface area contributed by atoms with Crippen molar-refractivity contribution in [2.75, 3.05) is 25.5 Å². The van der Waals surface area contributed by atoms with Crippen molar-refractivity contribution >= 4 is 34.2 Å². The molecule has 4 rings (SSSR count). The van der Waals surface area contributed by atoms with Gasteiger partial charge in [0.25, 0.3) is 5.91 Å². The van der Waals surface area contributed by atoms with Crippen molar-refractivity contribution in [2.45, 2.75) is 26.3 Å². The third kappa shape index (κ3) is 3.78. The van der Waals surface area contributed by atoms with Gasteiger partial charge in [-0.25, -0.2) is 0 Å². The number of methoxy groups -OCH3 is 1. The first-order chi connectivity index (χ1) is 14.0. The zero-order chi connectivity index (χ0) is 20.5. The number of amides is 1. The molecule has 6 nitrogen and oxygen atoms in total. The molecule has 3 aromatic rings. The molecule has 1 aliphatic heterocycles. The highest BCUT2D eigenvalue weighted by Crippen LogP contribution is 2.34. The van der Waals surface area contributed by atoms with Crippen molar-refractivity contribution < 1.29 is 24.0 Å². The number of hydrogen-bond acceptors (Lipinski definition) is 4. The van der Waals surface area contributed by atoms with E-state index >= 15 is 0 Å². The van der Waals surface area contributed by atoms with E-state index in [4.69, 9.17) is 20.8 Å². The molecule has 0 aliphatic carbocycles. The SMILES string of the molecule is COc1ccc(NC(=O)c2c(C)oc3ccc(O)c(C[NH+]4CCCC4)c23)cc1Cl. The van der Waals surface area contributed by atoms with Crippen LogP contribution in [0, 0.1) is 6.92 Å². The largest absolute Gasteiger partial charge is 0.507 e. The number of nitrogens with one attached hydrogen (secondary N) is 2. The summed E-state index contributed by atoms with van der Waals surface area (Å²) < 4.78 is 11.0. The van der Waals surface area contributed by atoms with Gasteiger partial charge in [-0.05, 0) is 37.3 Å². The number of carbonyl (C=O) groups is 1. The Morgan fingerprint density at radius 1 is 1.28 bits per heavy atom. The van der Waals surface area contributed by atoms with E-state index in [2.05, 4.69) is 5.32 Å². The topological polar surface area (TPSA) is 76.1 Å². The van der Waals surface area contributed by atoms with Crippen LogP contribution in [0.1, 0.15) is 34.5 Å². The number of rotatable bonds is 5. The lowest BCUT2D eigenvalue weighted by atomic mass is 10.0.